The molecule has 14 nitrogen and oxygen atoms in total. The number of anilines is 2. The number of Topliss-reactive ketones (excluding diaryl/α,β-unsaturated/α-hetero) is 1. The molecule has 1 saturated carbocycles. The van der Waals surface area contributed by atoms with E-state index >= 15 is 0 Å². The third kappa shape index (κ3) is 9.26. The Labute approximate surface area is 361 Å². The zero-order chi connectivity index (χ0) is 44.2. The number of amides is 4. The Balaban J connectivity index is 1.09. The van der Waals surface area contributed by atoms with Crippen LogP contribution in [0.4, 0.5) is 25.4 Å². The molecule has 0 bridgehead atoms. The summed E-state index contributed by atoms with van der Waals surface area (Å²) in [5, 5.41) is 8.37. The van der Waals surface area contributed by atoms with Gasteiger partial charge in [-0.25, -0.2) is 19.0 Å². The van der Waals surface area contributed by atoms with Gasteiger partial charge in [-0.2, -0.15) is 0 Å². The van der Waals surface area contributed by atoms with Crippen LogP contribution in [0, 0.1) is 23.6 Å². The van der Waals surface area contributed by atoms with Gasteiger partial charge >= 0.3 is 12.2 Å². The fourth-order valence-corrected chi connectivity index (χ4v) is 9.67. The third-order valence-electron chi connectivity index (χ3n) is 12.9. The normalized spacial score (nSPS) is 22.2. The lowest BCUT2D eigenvalue weighted by Gasteiger charge is -2.33. The number of methoxy groups -OCH3 is 2. The van der Waals surface area contributed by atoms with E-state index in [1.54, 1.807) is 17.0 Å². The first-order chi connectivity index (χ1) is 29.8. The maximum Gasteiger partial charge on any atom is 0.407 e. The molecule has 15 heteroatoms. The van der Waals surface area contributed by atoms with Crippen molar-refractivity contribution in [3.63, 3.8) is 0 Å². The molecule has 3 aliphatic rings. The lowest BCUT2D eigenvalue weighted by molar-refractivity contribution is -0.139. The first-order valence-electron chi connectivity index (χ1n) is 21.7. The minimum atomic E-state index is -0.822. The molecule has 330 valence electrons. The Kier molecular flexibility index (Phi) is 13.5. The minimum absolute atomic E-state index is 0.00465. The molecule has 7 atom stereocenters. The maximum atomic E-state index is 14.3. The fourth-order valence-electron chi connectivity index (χ4n) is 9.67. The molecule has 4 amide bonds. The van der Waals surface area contributed by atoms with Crippen molar-refractivity contribution in [1.82, 2.24) is 25.5 Å². The van der Waals surface area contributed by atoms with E-state index in [0.717, 1.165) is 65.8 Å². The highest BCUT2D eigenvalue weighted by Gasteiger charge is 2.42. The van der Waals surface area contributed by atoms with Crippen molar-refractivity contribution in [2.45, 2.75) is 109 Å². The van der Waals surface area contributed by atoms with Gasteiger partial charge in [0.05, 0.1) is 43.4 Å². The Morgan fingerprint density at radius 1 is 0.758 bits per heavy atom. The molecule has 3 fully saturated rings. The summed E-state index contributed by atoms with van der Waals surface area (Å²) < 4.78 is 23.8. The lowest BCUT2D eigenvalue weighted by Crippen LogP contribution is -2.54. The molecule has 4 aromatic rings. The summed E-state index contributed by atoms with van der Waals surface area (Å²) in [6, 6.07) is 18.3. The molecular weight excluding hydrogens is 794 g/mol. The second-order valence-electron chi connectivity index (χ2n) is 17.5. The first-order valence-corrected chi connectivity index (χ1v) is 21.7. The number of ether oxygens (including phenoxy) is 2. The van der Waals surface area contributed by atoms with Crippen molar-refractivity contribution in [3.05, 3.63) is 89.5 Å². The number of fused-ring (bicyclic) bond motifs is 1. The number of hydrogen-bond donors (Lipinski definition) is 4. The number of aromatic nitrogens is 2. The summed E-state index contributed by atoms with van der Waals surface area (Å²) in [4.78, 5) is 77.5. The molecule has 2 unspecified atom stereocenters. The Bertz CT molecular complexity index is 2260. The molecular formula is C47H58FN7O7. The highest BCUT2D eigenvalue weighted by Crippen LogP contribution is 2.48. The van der Waals surface area contributed by atoms with E-state index in [1.165, 1.54) is 26.4 Å². The largest absolute Gasteiger partial charge is 0.453 e. The number of alkyl carbamates (subject to hydrolysis) is 2. The lowest BCUT2D eigenvalue weighted by atomic mass is 9.84. The van der Waals surface area contributed by atoms with E-state index in [0.29, 0.717) is 25.1 Å². The molecule has 7 rings (SSSR count). The van der Waals surface area contributed by atoms with Crippen LogP contribution in [-0.4, -0.2) is 83.5 Å². The average Bonchev–Trinajstić information content (AvgIpc) is 4.10. The van der Waals surface area contributed by atoms with Gasteiger partial charge in [-0.05, 0) is 110 Å². The van der Waals surface area contributed by atoms with Crippen LogP contribution < -0.4 is 20.9 Å². The molecule has 2 aliphatic heterocycles. The monoisotopic (exact) mass is 851 g/mol. The van der Waals surface area contributed by atoms with E-state index in [4.69, 9.17) is 14.5 Å². The van der Waals surface area contributed by atoms with Crippen molar-refractivity contribution in [3.8, 4) is 0 Å². The van der Waals surface area contributed by atoms with Crippen molar-refractivity contribution in [1.29, 1.82) is 0 Å². The molecule has 0 radical (unpaired) electrons. The number of likely N-dealkylation sites (tertiary alicyclic amines) is 1. The summed E-state index contributed by atoms with van der Waals surface area (Å²) in [5.41, 5.74) is 5.23. The van der Waals surface area contributed by atoms with E-state index in [9.17, 15) is 28.4 Å². The van der Waals surface area contributed by atoms with Gasteiger partial charge in [-0.15, -0.1) is 0 Å². The SMILES string of the molecule is COC(=O)N[C@H](C(=O)C1CCC[C@H]1c1nc2cc([C@H]3CC[C@H](c4ccc(NC(=O)C5CCCN5C(=O)[C@@H](NC(=O)OC)C(C)C)cc4)N3c3ccc(F)cc3)ccc2[nH]1)C(C)C. The maximum absolute atomic E-state index is 14.3. The Morgan fingerprint density at radius 2 is 1.39 bits per heavy atom. The van der Waals surface area contributed by atoms with Gasteiger partial charge in [0.2, 0.25) is 11.8 Å². The third-order valence-corrected chi connectivity index (χ3v) is 12.9. The van der Waals surface area contributed by atoms with E-state index in [2.05, 4.69) is 38.0 Å². The number of nitrogens with zero attached hydrogens (tertiary/aromatic N) is 3. The minimum Gasteiger partial charge on any atom is -0.453 e. The molecule has 3 heterocycles. The number of benzene rings is 3. The van der Waals surface area contributed by atoms with E-state index < -0.39 is 30.3 Å². The molecule has 0 spiro atoms. The van der Waals surface area contributed by atoms with Gasteiger partial charge in [0.1, 0.15) is 23.7 Å². The van der Waals surface area contributed by atoms with Gasteiger partial charge in [-0.3, -0.25) is 14.4 Å². The van der Waals surface area contributed by atoms with Gasteiger partial charge in [0.25, 0.3) is 0 Å². The molecule has 3 aromatic carbocycles. The highest BCUT2D eigenvalue weighted by molar-refractivity contribution is 5.98. The Hall–Kier alpha value is -5.99. The van der Waals surface area contributed by atoms with Gasteiger partial charge in [0.15, 0.2) is 5.78 Å². The predicted octanol–water partition coefficient (Wildman–Crippen LogP) is 7.93. The summed E-state index contributed by atoms with van der Waals surface area (Å²) in [6.07, 6.45) is 3.90. The highest BCUT2D eigenvalue weighted by atomic mass is 19.1. The van der Waals surface area contributed by atoms with Crippen LogP contribution in [0.3, 0.4) is 0 Å². The molecule has 2 saturated heterocycles. The zero-order valence-corrected chi connectivity index (χ0v) is 36.3. The second kappa shape index (κ2) is 19.0. The van der Waals surface area contributed by atoms with Crippen LogP contribution in [-0.2, 0) is 23.9 Å². The van der Waals surface area contributed by atoms with Crippen LogP contribution in [0.15, 0.2) is 66.7 Å². The summed E-state index contributed by atoms with van der Waals surface area (Å²) in [6.45, 7) is 7.91. The zero-order valence-electron chi connectivity index (χ0n) is 36.3. The number of carbonyl (C=O) groups is 5. The second-order valence-corrected chi connectivity index (χ2v) is 17.5. The van der Waals surface area contributed by atoms with Crippen molar-refractivity contribution >= 4 is 52.2 Å². The van der Waals surface area contributed by atoms with E-state index in [1.807, 2.05) is 58.0 Å². The number of rotatable bonds is 13. The number of H-pyrrole nitrogens is 1. The summed E-state index contributed by atoms with van der Waals surface area (Å²) in [7, 11) is 2.54. The molecule has 4 N–H and O–H groups in total. The fraction of sp³-hybridized carbons (Fsp3) is 0.489. The number of nitrogens with one attached hydrogen (secondary N) is 4. The van der Waals surface area contributed by atoms with Crippen molar-refractivity contribution in [2.75, 3.05) is 31.0 Å². The number of hydrogen-bond acceptors (Lipinski definition) is 9. The van der Waals surface area contributed by atoms with Crippen molar-refractivity contribution < 1.29 is 37.8 Å². The first kappa shape index (κ1) is 44.1. The van der Waals surface area contributed by atoms with E-state index in [-0.39, 0.29) is 59.2 Å². The summed E-state index contributed by atoms with van der Waals surface area (Å²) in [5.74, 6) is -0.872. The van der Waals surface area contributed by atoms with Gasteiger partial charge in [-0.1, -0.05) is 52.3 Å². The smallest absolute Gasteiger partial charge is 0.407 e. The topological polar surface area (TPSA) is 175 Å². The standard InChI is InChI=1S/C47H58FN7O7/c1-26(2)40(52-46(59)61-5)42(56)33-9-7-10-34(33)43-50-35-21-14-29(25-36(35)51-43)38-23-22-37(55(38)32-19-15-30(48)16-20-32)28-12-17-31(18-13-28)49-44(57)39-11-8-24-54(39)45(58)41(27(3)4)53-47(60)62-6/h12-21,25-27,33-34,37-41H,7-11,22-24H2,1-6H3,(H,49,57)(H,50,51)(H,52,59)(H,53,60)/t33?,34-,37-,38-,39?,40+,41+/m1/s1. The van der Waals surface area contributed by atoms with Gasteiger partial charge < -0.3 is 40.2 Å². The van der Waals surface area contributed by atoms with Crippen LogP contribution in [0.1, 0.15) is 108 Å². The van der Waals surface area contributed by atoms with Crippen LogP contribution in [0.25, 0.3) is 11.0 Å². The van der Waals surface area contributed by atoms with Crippen LogP contribution in [0.2, 0.25) is 0 Å². The quantitative estimate of drug-likeness (QED) is 0.104. The van der Waals surface area contributed by atoms with Crippen molar-refractivity contribution in [2.24, 2.45) is 17.8 Å². The average molecular weight is 852 g/mol. The number of carbonyl (C=O) groups excluding carboxylic acids is 5. The Morgan fingerprint density at radius 3 is 2.03 bits per heavy atom. The summed E-state index contributed by atoms with van der Waals surface area (Å²) >= 11 is 0. The predicted molar refractivity (Wildman–Crippen MR) is 233 cm³/mol. The molecule has 1 aliphatic carbocycles. The molecule has 62 heavy (non-hydrogen) atoms. The molecule has 1 aromatic heterocycles. The van der Waals surface area contributed by atoms with Gasteiger partial charge in [0, 0.05) is 29.8 Å². The number of halogens is 1. The van der Waals surface area contributed by atoms with Crippen LogP contribution >= 0.6 is 0 Å². The number of imidazole rings is 1. The van der Waals surface area contributed by atoms with Crippen LogP contribution in [0.5, 0.6) is 0 Å². The number of aromatic amines is 1. The number of ketones is 1.